The van der Waals surface area contributed by atoms with E-state index in [0.29, 0.717) is 22.5 Å². The molecule has 4 aliphatic carbocycles. The van der Waals surface area contributed by atoms with Gasteiger partial charge in [-0.25, -0.2) is 4.79 Å². The third kappa shape index (κ3) is 2.79. The number of hydrogen-bond donors (Lipinski definition) is 2. The minimum Gasteiger partial charge on any atom is -0.464 e. The predicted molar refractivity (Wildman–Crippen MR) is 112 cm³/mol. The second kappa shape index (κ2) is 6.23. The van der Waals surface area contributed by atoms with Crippen LogP contribution >= 0.6 is 27.5 Å². The molecule has 0 unspecified atom stereocenters. The molecule has 4 saturated carbocycles. The molecule has 4 aliphatic rings. The van der Waals surface area contributed by atoms with Gasteiger partial charge in [-0.15, -0.1) is 0 Å². The SMILES string of the molecule is COC(=O)c1[nH]c2ccc(Cl)cc2c1NC(=O)C12C[C@@H]3C[C@H](CC(Br)(C3)C1)C2. The lowest BCUT2D eigenvalue weighted by Crippen LogP contribution is -2.57. The van der Waals surface area contributed by atoms with E-state index in [4.69, 9.17) is 16.3 Å². The standard InChI is InChI=1S/C21H22BrClN2O3/c1-28-18(26)17-16(14-5-13(23)2-3-15(14)24-17)25-19(27)20-6-11-4-12(7-20)9-21(22,8-11)10-20/h2-3,5,11-12,24H,4,6-10H2,1H3,(H,25,27)/t11-,12-,20?,21?/m0/s1. The number of benzene rings is 1. The maximum Gasteiger partial charge on any atom is 0.356 e. The van der Waals surface area contributed by atoms with Gasteiger partial charge in [-0.3, -0.25) is 4.79 Å². The van der Waals surface area contributed by atoms with Crippen molar-refractivity contribution in [1.82, 2.24) is 4.98 Å². The number of alkyl halides is 1. The van der Waals surface area contributed by atoms with Gasteiger partial charge in [-0.1, -0.05) is 27.5 Å². The molecule has 148 valence electrons. The Kier molecular flexibility index (Phi) is 4.12. The number of ether oxygens (including phenoxy) is 1. The predicted octanol–water partition coefficient (Wildman–Crippen LogP) is 5.28. The number of nitrogens with one attached hydrogen (secondary N) is 2. The first kappa shape index (κ1) is 18.5. The average molecular weight is 466 g/mol. The summed E-state index contributed by atoms with van der Waals surface area (Å²) in [6, 6.07) is 5.32. The number of aromatic nitrogens is 1. The summed E-state index contributed by atoms with van der Waals surface area (Å²) in [4.78, 5) is 29.0. The van der Waals surface area contributed by atoms with Crippen LogP contribution in [0.25, 0.3) is 10.9 Å². The topological polar surface area (TPSA) is 71.2 Å². The van der Waals surface area contributed by atoms with Gasteiger partial charge in [-0.2, -0.15) is 0 Å². The maximum atomic E-state index is 13.6. The lowest BCUT2D eigenvalue weighted by Gasteiger charge is -2.59. The Morgan fingerprint density at radius 2 is 1.96 bits per heavy atom. The molecule has 1 aromatic carbocycles. The molecule has 5 nitrogen and oxygen atoms in total. The Hall–Kier alpha value is -1.53. The summed E-state index contributed by atoms with van der Waals surface area (Å²) in [7, 11) is 1.33. The van der Waals surface area contributed by atoms with Crippen LogP contribution in [0.1, 0.15) is 49.0 Å². The normalized spacial score (nSPS) is 33.2. The summed E-state index contributed by atoms with van der Waals surface area (Å²) < 4.78 is 5.01. The first-order valence-corrected chi connectivity index (χ1v) is 10.9. The molecule has 28 heavy (non-hydrogen) atoms. The highest BCUT2D eigenvalue weighted by Crippen LogP contribution is 2.64. The fraction of sp³-hybridized carbons (Fsp3) is 0.524. The van der Waals surface area contributed by atoms with Crippen molar-refractivity contribution in [1.29, 1.82) is 0 Å². The zero-order valence-corrected chi connectivity index (χ0v) is 18.0. The Morgan fingerprint density at radius 3 is 2.61 bits per heavy atom. The number of esters is 1. The first-order chi connectivity index (χ1) is 13.3. The average Bonchev–Trinajstić information content (AvgIpc) is 2.97. The highest BCUT2D eigenvalue weighted by atomic mass is 79.9. The number of amides is 1. The lowest BCUT2D eigenvalue weighted by molar-refractivity contribution is -0.138. The Balaban J connectivity index is 1.54. The number of hydrogen-bond acceptors (Lipinski definition) is 3. The van der Waals surface area contributed by atoms with Crippen LogP contribution in [0, 0.1) is 17.3 Å². The van der Waals surface area contributed by atoms with Crippen molar-refractivity contribution in [3.05, 3.63) is 28.9 Å². The van der Waals surface area contributed by atoms with E-state index in [1.54, 1.807) is 18.2 Å². The summed E-state index contributed by atoms with van der Waals surface area (Å²) >= 11 is 10.1. The summed E-state index contributed by atoms with van der Waals surface area (Å²) in [6.45, 7) is 0. The maximum absolute atomic E-state index is 13.6. The van der Waals surface area contributed by atoms with Crippen LogP contribution < -0.4 is 5.32 Å². The molecule has 0 aliphatic heterocycles. The molecular formula is C21H22BrClN2O3. The van der Waals surface area contributed by atoms with E-state index in [1.807, 2.05) is 0 Å². The third-order valence-corrected chi connectivity index (χ3v) is 8.02. The van der Waals surface area contributed by atoms with Crippen molar-refractivity contribution < 1.29 is 14.3 Å². The minimum absolute atomic E-state index is 0.0106. The molecule has 0 saturated heterocycles. The Labute approximate surface area is 176 Å². The fourth-order valence-corrected chi connectivity index (χ4v) is 7.84. The monoisotopic (exact) mass is 464 g/mol. The summed E-state index contributed by atoms with van der Waals surface area (Å²) in [5, 5.41) is 4.37. The molecule has 2 aromatic rings. The molecule has 0 radical (unpaired) electrons. The Bertz CT molecular complexity index is 987. The van der Waals surface area contributed by atoms with Crippen LogP contribution in [-0.4, -0.2) is 28.3 Å². The van der Waals surface area contributed by atoms with Crippen LogP contribution in [0.15, 0.2) is 18.2 Å². The number of rotatable bonds is 3. The van der Waals surface area contributed by atoms with Crippen molar-refractivity contribution in [3.8, 4) is 0 Å². The minimum atomic E-state index is -0.509. The van der Waals surface area contributed by atoms with Crippen LogP contribution in [0.2, 0.25) is 5.02 Å². The van der Waals surface area contributed by atoms with Crippen LogP contribution in [0.3, 0.4) is 0 Å². The molecule has 6 rings (SSSR count). The fourth-order valence-electron chi connectivity index (χ4n) is 6.21. The summed E-state index contributed by atoms with van der Waals surface area (Å²) in [5.74, 6) is 0.703. The highest BCUT2D eigenvalue weighted by Gasteiger charge is 2.59. The molecule has 1 heterocycles. The molecule has 1 amide bonds. The molecular weight excluding hydrogens is 444 g/mol. The number of halogens is 2. The molecule has 1 aromatic heterocycles. The number of methoxy groups -OCH3 is 1. The van der Waals surface area contributed by atoms with Gasteiger partial charge in [0, 0.05) is 20.2 Å². The van der Waals surface area contributed by atoms with Crippen molar-refractivity contribution >= 4 is 56.0 Å². The van der Waals surface area contributed by atoms with Crippen molar-refractivity contribution in [3.63, 3.8) is 0 Å². The summed E-state index contributed by atoms with van der Waals surface area (Å²) in [6.07, 6.45) is 6.27. The van der Waals surface area contributed by atoms with Crippen LogP contribution in [-0.2, 0) is 9.53 Å². The molecule has 4 bridgehead atoms. The van der Waals surface area contributed by atoms with Crippen molar-refractivity contribution in [2.75, 3.05) is 12.4 Å². The van der Waals surface area contributed by atoms with E-state index in [1.165, 1.54) is 13.5 Å². The second-order valence-electron chi connectivity index (χ2n) is 8.90. The van der Waals surface area contributed by atoms with Gasteiger partial charge in [0.15, 0.2) is 0 Å². The number of aromatic amines is 1. The van der Waals surface area contributed by atoms with Gasteiger partial charge in [0.05, 0.1) is 18.2 Å². The third-order valence-electron chi connectivity index (χ3n) is 6.86. The number of carbonyl (C=O) groups is 2. The zero-order chi connectivity index (χ0) is 19.7. The lowest BCUT2D eigenvalue weighted by atomic mass is 9.49. The van der Waals surface area contributed by atoms with E-state index >= 15 is 0 Å². The van der Waals surface area contributed by atoms with Gasteiger partial charge in [0.2, 0.25) is 5.91 Å². The zero-order valence-electron chi connectivity index (χ0n) is 15.6. The van der Waals surface area contributed by atoms with E-state index in [9.17, 15) is 9.59 Å². The number of fused-ring (bicyclic) bond motifs is 1. The van der Waals surface area contributed by atoms with E-state index in [2.05, 4.69) is 26.2 Å². The van der Waals surface area contributed by atoms with E-state index in [-0.39, 0.29) is 21.3 Å². The molecule has 0 spiro atoms. The highest BCUT2D eigenvalue weighted by molar-refractivity contribution is 9.10. The summed E-state index contributed by atoms with van der Waals surface area (Å²) in [5.41, 5.74) is 1.09. The first-order valence-electron chi connectivity index (χ1n) is 9.71. The largest absolute Gasteiger partial charge is 0.464 e. The van der Waals surface area contributed by atoms with E-state index < -0.39 is 5.97 Å². The van der Waals surface area contributed by atoms with Gasteiger partial charge < -0.3 is 15.0 Å². The van der Waals surface area contributed by atoms with Crippen molar-refractivity contribution in [2.24, 2.45) is 17.3 Å². The molecule has 7 heteroatoms. The van der Waals surface area contributed by atoms with Crippen LogP contribution in [0.5, 0.6) is 0 Å². The van der Waals surface area contributed by atoms with Crippen LogP contribution in [0.4, 0.5) is 5.69 Å². The van der Waals surface area contributed by atoms with E-state index in [0.717, 1.165) is 43.0 Å². The molecule has 4 fully saturated rings. The number of H-pyrrole nitrogens is 1. The second-order valence-corrected chi connectivity index (χ2v) is 11.0. The smallest absolute Gasteiger partial charge is 0.356 e. The van der Waals surface area contributed by atoms with Crippen molar-refractivity contribution in [2.45, 2.75) is 42.8 Å². The van der Waals surface area contributed by atoms with Gasteiger partial charge in [-0.05, 0) is 68.6 Å². The number of anilines is 1. The van der Waals surface area contributed by atoms with Gasteiger partial charge in [0.1, 0.15) is 5.69 Å². The van der Waals surface area contributed by atoms with Gasteiger partial charge >= 0.3 is 5.97 Å². The molecule has 2 N–H and O–H groups in total. The Morgan fingerprint density at radius 1 is 1.25 bits per heavy atom. The number of carbonyl (C=O) groups excluding carboxylic acids is 2. The van der Waals surface area contributed by atoms with Gasteiger partial charge in [0.25, 0.3) is 0 Å². The quantitative estimate of drug-likeness (QED) is 0.478. The molecule has 2 atom stereocenters.